The van der Waals surface area contributed by atoms with Crippen LogP contribution in [0.1, 0.15) is 0 Å². The van der Waals surface area contributed by atoms with Gasteiger partial charge >= 0.3 is 0 Å². The summed E-state index contributed by atoms with van der Waals surface area (Å²) in [5, 5.41) is 4.73. The second kappa shape index (κ2) is 11.4. The molecule has 0 amide bonds. The van der Waals surface area contributed by atoms with E-state index in [2.05, 4.69) is 150 Å². The number of fused-ring (bicyclic) bond motifs is 6. The van der Waals surface area contributed by atoms with Crippen molar-refractivity contribution < 1.29 is 4.42 Å². The maximum absolute atomic E-state index is 6.27. The first-order valence-electron chi connectivity index (χ1n) is 16.8. The van der Waals surface area contributed by atoms with Crippen LogP contribution >= 0.6 is 0 Å². The standard InChI is InChI=1S/C46H29N3O/c1-2-12-31(13-3-1)46-47-40(30-22-25-33(26-23-30)49-42-19-9-6-16-36(42)37-17-7-10-20-43(37)49)29-41(48-46)35-15-5-4-14-34(35)32-24-27-39-38-18-8-11-21-44(38)50-45(39)28-32/h1-29H. The lowest BCUT2D eigenvalue weighted by molar-refractivity contribution is 0.669. The van der Waals surface area contributed by atoms with E-state index in [-0.39, 0.29) is 0 Å². The van der Waals surface area contributed by atoms with Crippen molar-refractivity contribution in [1.82, 2.24) is 14.5 Å². The Balaban J connectivity index is 1.11. The Morgan fingerprint density at radius 3 is 1.72 bits per heavy atom. The van der Waals surface area contributed by atoms with Gasteiger partial charge in [0.25, 0.3) is 0 Å². The predicted octanol–water partition coefficient (Wildman–Crippen LogP) is 12.1. The smallest absolute Gasteiger partial charge is 0.160 e. The molecular formula is C46H29N3O. The van der Waals surface area contributed by atoms with E-state index in [9.17, 15) is 0 Å². The van der Waals surface area contributed by atoms with Crippen LogP contribution in [0.4, 0.5) is 0 Å². The third-order valence-corrected chi connectivity index (χ3v) is 9.65. The maximum Gasteiger partial charge on any atom is 0.160 e. The fraction of sp³-hybridized carbons (Fsp3) is 0. The van der Waals surface area contributed by atoms with Crippen molar-refractivity contribution >= 4 is 43.7 Å². The van der Waals surface area contributed by atoms with Crippen LogP contribution in [0.3, 0.4) is 0 Å². The molecule has 0 saturated carbocycles. The predicted molar refractivity (Wildman–Crippen MR) is 205 cm³/mol. The zero-order valence-electron chi connectivity index (χ0n) is 27.0. The third-order valence-electron chi connectivity index (χ3n) is 9.65. The average Bonchev–Trinajstić information content (AvgIpc) is 3.73. The number of nitrogens with zero attached hydrogens (tertiary/aromatic N) is 3. The minimum atomic E-state index is 0.687. The molecule has 10 rings (SSSR count). The molecule has 0 aliphatic heterocycles. The molecule has 3 heterocycles. The normalized spacial score (nSPS) is 11.6. The molecule has 4 nitrogen and oxygen atoms in total. The molecule has 10 aromatic rings. The minimum absolute atomic E-state index is 0.687. The van der Waals surface area contributed by atoms with Gasteiger partial charge in [0, 0.05) is 43.9 Å². The van der Waals surface area contributed by atoms with Crippen LogP contribution in [-0.2, 0) is 0 Å². The number of rotatable bonds is 5. The quantitative estimate of drug-likeness (QED) is 0.188. The first-order chi connectivity index (χ1) is 24.8. The van der Waals surface area contributed by atoms with Crippen molar-refractivity contribution in [2.24, 2.45) is 0 Å². The summed E-state index contributed by atoms with van der Waals surface area (Å²) in [6.45, 7) is 0. The summed E-state index contributed by atoms with van der Waals surface area (Å²) in [5.41, 5.74) is 12.2. The van der Waals surface area contributed by atoms with E-state index >= 15 is 0 Å². The van der Waals surface area contributed by atoms with E-state index in [1.54, 1.807) is 0 Å². The van der Waals surface area contributed by atoms with Crippen molar-refractivity contribution in [3.63, 3.8) is 0 Å². The van der Waals surface area contributed by atoms with Gasteiger partial charge in [-0.25, -0.2) is 9.97 Å². The Hall–Kier alpha value is -6.78. The van der Waals surface area contributed by atoms with Gasteiger partial charge < -0.3 is 8.98 Å². The molecule has 0 N–H and O–H groups in total. The fourth-order valence-corrected chi connectivity index (χ4v) is 7.28. The molecule has 3 aromatic heterocycles. The van der Waals surface area contributed by atoms with Crippen molar-refractivity contribution in [2.45, 2.75) is 0 Å². The van der Waals surface area contributed by atoms with Crippen molar-refractivity contribution in [1.29, 1.82) is 0 Å². The summed E-state index contributed by atoms with van der Waals surface area (Å²) < 4.78 is 8.61. The highest BCUT2D eigenvalue weighted by molar-refractivity contribution is 6.09. The Bertz CT molecular complexity index is 2810. The second-order valence-corrected chi connectivity index (χ2v) is 12.6. The molecule has 0 aliphatic rings. The molecule has 7 aromatic carbocycles. The molecule has 234 valence electrons. The Labute approximate surface area is 288 Å². The van der Waals surface area contributed by atoms with Crippen LogP contribution in [0.25, 0.3) is 94.5 Å². The number of benzene rings is 7. The Morgan fingerprint density at radius 2 is 0.960 bits per heavy atom. The molecule has 0 bridgehead atoms. The van der Waals surface area contributed by atoms with Crippen LogP contribution in [0.15, 0.2) is 180 Å². The topological polar surface area (TPSA) is 43.9 Å². The lowest BCUT2D eigenvalue weighted by atomic mass is 9.95. The van der Waals surface area contributed by atoms with Gasteiger partial charge in [0.15, 0.2) is 5.82 Å². The van der Waals surface area contributed by atoms with Crippen molar-refractivity contribution in [3.05, 3.63) is 176 Å². The van der Waals surface area contributed by atoms with Gasteiger partial charge in [-0.15, -0.1) is 0 Å². The maximum atomic E-state index is 6.27. The van der Waals surface area contributed by atoms with Crippen LogP contribution in [0.2, 0.25) is 0 Å². The van der Waals surface area contributed by atoms with Gasteiger partial charge in [-0.2, -0.15) is 0 Å². The molecule has 4 heteroatoms. The molecule has 0 saturated heterocycles. The summed E-state index contributed by atoms with van der Waals surface area (Å²) >= 11 is 0. The van der Waals surface area contributed by atoms with E-state index in [1.165, 1.54) is 21.8 Å². The minimum Gasteiger partial charge on any atom is -0.456 e. The molecular weight excluding hydrogens is 611 g/mol. The Kier molecular flexibility index (Phi) is 6.46. The van der Waals surface area contributed by atoms with Gasteiger partial charge in [0.1, 0.15) is 11.2 Å². The van der Waals surface area contributed by atoms with E-state index in [0.29, 0.717) is 5.82 Å². The highest BCUT2D eigenvalue weighted by atomic mass is 16.3. The Morgan fingerprint density at radius 1 is 0.380 bits per heavy atom. The van der Waals surface area contributed by atoms with E-state index in [0.717, 1.165) is 66.8 Å². The number of hydrogen-bond donors (Lipinski definition) is 0. The zero-order valence-corrected chi connectivity index (χ0v) is 27.0. The number of aromatic nitrogens is 3. The highest BCUT2D eigenvalue weighted by Gasteiger charge is 2.17. The molecule has 0 fully saturated rings. The lowest BCUT2D eigenvalue weighted by Gasteiger charge is -2.13. The first kappa shape index (κ1) is 28.3. The summed E-state index contributed by atoms with van der Waals surface area (Å²) in [4.78, 5) is 10.3. The van der Waals surface area contributed by atoms with Gasteiger partial charge in [-0.3, -0.25) is 0 Å². The second-order valence-electron chi connectivity index (χ2n) is 12.6. The van der Waals surface area contributed by atoms with Crippen LogP contribution < -0.4 is 0 Å². The van der Waals surface area contributed by atoms with E-state index < -0.39 is 0 Å². The molecule has 50 heavy (non-hydrogen) atoms. The van der Waals surface area contributed by atoms with Crippen LogP contribution in [0, 0.1) is 0 Å². The lowest BCUT2D eigenvalue weighted by Crippen LogP contribution is -1.98. The van der Waals surface area contributed by atoms with Gasteiger partial charge in [-0.05, 0) is 59.7 Å². The SMILES string of the molecule is c1ccc(-c2nc(-c3ccc(-n4c5ccccc5c5ccccc54)cc3)cc(-c3ccccc3-c3ccc4c(c3)oc3ccccc34)n2)cc1. The van der Waals surface area contributed by atoms with Crippen LogP contribution in [-0.4, -0.2) is 14.5 Å². The van der Waals surface area contributed by atoms with Gasteiger partial charge in [0.05, 0.1) is 22.4 Å². The number of hydrogen-bond acceptors (Lipinski definition) is 3. The molecule has 0 radical (unpaired) electrons. The largest absolute Gasteiger partial charge is 0.456 e. The van der Waals surface area contributed by atoms with Gasteiger partial charge in [0.2, 0.25) is 0 Å². The number of furan rings is 1. The molecule has 0 aliphatic carbocycles. The number of para-hydroxylation sites is 3. The first-order valence-corrected chi connectivity index (χ1v) is 16.8. The zero-order chi connectivity index (χ0) is 33.0. The van der Waals surface area contributed by atoms with Crippen LogP contribution in [0.5, 0.6) is 0 Å². The third kappa shape index (κ3) is 4.61. The van der Waals surface area contributed by atoms with E-state index in [4.69, 9.17) is 14.4 Å². The molecule has 0 atom stereocenters. The van der Waals surface area contributed by atoms with E-state index in [1.807, 2.05) is 30.3 Å². The molecule has 0 spiro atoms. The fourth-order valence-electron chi connectivity index (χ4n) is 7.28. The van der Waals surface area contributed by atoms with Crippen molar-refractivity contribution in [2.75, 3.05) is 0 Å². The average molecular weight is 640 g/mol. The van der Waals surface area contributed by atoms with Crippen molar-refractivity contribution in [3.8, 4) is 50.7 Å². The molecule has 0 unspecified atom stereocenters. The summed E-state index contributed by atoms with van der Waals surface area (Å²) in [6, 6.07) is 61.3. The summed E-state index contributed by atoms with van der Waals surface area (Å²) in [5.74, 6) is 0.687. The summed E-state index contributed by atoms with van der Waals surface area (Å²) in [7, 11) is 0. The highest BCUT2D eigenvalue weighted by Crippen LogP contribution is 2.38. The monoisotopic (exact) mass is 639 g/mol. The summed E-state index contributed by atoms with van der Waals surface area (Å²) in [6.07, 6.45) is 0. The van der Waals surface area contributed by atoms with Gasteiger partial charge in [-0.1, -0.05) is 127 Å².